The van der Waals surface area contributed by atoms with Crippen LogP contribution in [-0.4, -0.2) is 13.2 Å². The van der Waals surface area contributed by atoms with Gasteiger partial charge in [-0.15, -0.1) is 0 Å². The predicted octanol–water partition coefficient (Wildman–Crippen LogP) is 4.75. The highest BCUT2D eigenvalue weighted by Gasteiger charge is 2.08. The number of ether oxygens (including phenoxy) is 2. The predicted molar refractivity (Wildman–Crippen MR) is 83.3 cm³/mol. The second-order valence-corrected chi connectivity index (χ2v) is 4.96. The Labute approximate surface area is 132 Å². The number of hydrogen-bond acceptors (Lipinski definition) is 3. The van der Waals surface area contributed by atoms with Crippen molar-refractivity contribution in [2.24, 2.45) is 0 Å². The molecular formula is C15H13Cl2NO3. The monoisotopic (exact) mass is 325 g/mol. The van der Waals surface area contributed by atoms with E-state index in [1.807, 2.05) is 6.07 Å². The molecule has 0 heterocycles. The molecule has 2 aromatic rings. The first-order valence-corrected chi connectivity index (χ1v) is 6.86. The standard InChI is InChI=1S/C15H13Cl2NO3/c1-20-14-5-3-2-4-13(14)18-15(19)21-9-10-6-7-11(16)12(17)8-10/h2-8H,9H2,1H3,(H,18,19). The molecule has 21 heavy (non-hydrogen) atoms. The molecule has 1 N–H and O–H groups in total. The van der Waals surface area contributed by atoms with Crippen LogP contribution in [0.1, 0.15) is 5.56 Å². The van der Waals surface area contributed by atoms with Gasteiger partial charge < -0.3 is 9.47 Å². The van der Waals surface area contributed by atoms with E-state index in [9.17, 15) is 4.79 Å². The van der Waals surface area contributed by atoms with Crippen molar-refractivity contribution in [2.45, 2.75) is 6.61 Å². The summed E-state index contributed by atoms with van der Waals surface area (Å²) in [7, 11) is 1.53. The summed E-state index contributed by atoms with van der Waals surface area (Å²) in [6, 6.07) is 12.1. The van der Waals surface area contributed by atoms with E-state index < -0.39 is 6.09 Å². The number of nitrogens with one attached hydrogen (secondary N) is 1. The molecule has 0 atom stereocenters. The molecule has 4 nitrogen and oxygen atoms in total. The Balaban J connectivity index is 1.94. The van der Waals surface area contributed by atoms with Crippen LogP contribution in [-0.2, 0) is 11.3 Å². The van der Waals surface area contributed by atoms with Gasteiger partial charge in [-0.2, -0.15) is 0 Å². The van der Waals surface area contributed by atoms with Crippen LogP contribution < -0.4 is 10.1 Å². The molecule has 0 unspecified atom stereocenters. The fourth-order valence-electron chi connectivity index (χ4n) is 1.67. The van der Waals surface area contributed by atoms with Crippen molar-refractivity contribution in [1.29, 1.82) is 0 Å². The van der Waals surface area contributed by atoms with Gasteiger partial charge in [0.25, 0.3) is 0 Å². The number of benzene rings is 2. The lowest BCUT2D eigenvalue weighted by Crippen LogP contribution is -2.14. The van der Waals surface area contributed by atoms with Crippen LogP contribution in [0.15, 0.2) is 42.5 Å². The topological polar surface area (TPSA) is 47.6 Å². The number of methoxy groups -OCH3 is 1. The quantitative estimate of drug-likeness (QED) is 0.882. The number of hydrogen-bond donors (Lipinski definition) is 1. The summed E-state index contributed by atoms with van der Waals surface area (Å²) in [5.41, 5.74) is 1.29. The average Bonchev–Trinajstić information content (AvgIpc) is 2.49. The zero-order valence-electron chi connectivity index (χ0n) is 11.2. The van der Waals surface area contributed by atoms with Gasteiger partial charge >= 0.3 is 6.09 Å². The maximum atomic E-state index is 11.8. The van der Waals surface area contributed by atoms with E-state index in [1.165, 1.54) is 7.11 Å². The van der Waals surface area contributed by atoms with Crippen molar-refractivity contribution in [1.82, 2.24) is 0 Å². The number of carbonyl (C=O) groups excluding carboxylic acids is 1. The van der Waals surface area contributed by atoms with Crippen molar-refractivity contribution >= 4 is 35.0 Å². The smallest absolute Gasteiger partial charge is 0.412 e. The van der Waals surface area contributed by atoms with Crippen LogP contribution in [0.25, 0.3) is 0 Å². The summed E-state index contributed by atoms with van der Waals surface area (Å²) in [4.78, 5) is 11.8. The average molecular weight is 326 g/mol. The van der Waals surface area contributed by atoms with Crippen LogP contribution in [0.3, 0.4) is 0 Å². The maximum Gasteiger partial charge on any atom is 0.412 e. The van der Waals surface area contributed by atoms with Crippen molar-refractivity contribution in [3.05, 3.63) is 58.1 Å². The Kier molecular flexibility index (Phi) is 5.31. The maximum absolute atomic E-state index is 11.8. The zero-order valence-corrected chi connectivity index (χ0v) is 12.7. The number of para-hydroxylation sites is 2. The normalized spacial score (nSPS) is 10.0. The number of carbonyl (C=O) groups is 1. The Hall–Kier alpha value is -1.91. The summed E-state index contributed by atoms with van der Waals surface area (Å²) in [5.74, 6) is 0.559. The highest BCUT2D eigenvalue weighted by Crippen LogP contribution is 2.24. The first-order valence-electron chi connectivity index (χ1n) is 6.11. The first-order chi connectivity index (χ1) is 10.1. The molecule has 0 saturated heterocycles. The van der Waals surface area contributed by atoms with E-state index in [0.29, 0.717) is 21.5 Å². The van der Waals surface area contributed by atoms with Crippen molar-refractivity contribution in [2.75, 3.05) is 12.4 Å². The van der Waals surface area contributed by atoms with Crippen LogP contribution >= 0.6 is 23.2 Å². The fourth-order valence-corrected chi connectivity index (χ4v) is 1.99. The number of rotatable bonds is 4. The summed E-state index contributed by atoms with van der Waals surface area (Å²) in [5, 5.41) is 3.49. The molecule has 1 amide bonds. The van der Waals surface area contributed by atoms with Gasteiger partial charge in [-0.3, -0.25) is 5.32 Å². The van der Waals surface area contributed by atoms with E-state index in [-0.39, 0.29) is 6.61 Å². The third kappa shape index (κ3) is 4.28. The molecule has 0 aliphatic carbocycles. The minimum absolute atomic E-state index is 0.0951. The Bertz CT molecular complexity index is 647. The zero-order chi connectivity index (χ0) is 15.2. The van der Waals surface area contributed by atoms with Gasteiger partial charge in [-0.25, -0.2) is 4.79 Å². The number of amides is 1. The van der Waals surface area contributed by atoms with Crippen LogP contribution in [0.2, 0.25) is 10.0 Å². The second kappa shape index (κ2) is 7.20. The molecule has 0 radical (unpaired) electrons. The molecule has 2 aromatic carbocycles. The van der Waals surface area contributed by atoms with Gasteiger partial charge in [0, 0.05) is 0 Å². The van der Waals surface area contributed by atoms with Crippen LogP contribution in [0.5, 0.6) is 5.75 Å². The van der Waals surface area contributed by atoms with Crippen molar-refractivity contribution in [3.63, 3.8) is 0 Å². The van der Waals surface area contributed by atoms with Gasteiger partial charge in [-0.05, 0) is 29.8 Å². The lowest BCUT2D eigenvalue weighted by atomic mass is 10.2. The van der Waals surface area contributed by atoms with Gasteiger partial charge in [0.2, 0.25) is 0 Å². The molecule has 0 aliphatic rings. The van der Waals surface area contributed by atoms with E-state index in [1.54, 1.807) is 36.4 Å². The van der Waals surface area contributed by atoms with E-state index in [4.69, 9.17) is 32.7 Å². The molecule has 0 aliphatic heterocycles. The molecule has 0 bridgehead atoms. The largest absolute Gasteiger partial charge is 0.495 e. The van der Waals surface area contributed by atoms with Crippen LogP contribution in [0, 0.1) is 0 Å². The van der Waals surface area contributed by atoms with Crippen LogP contribution in [0.4, 0.5) is 10.5 Å². The minimum Gasteiger partial charge on any atom is -0.495 e. The van der Waals surface area contributed by atoms with Crippen molar-refractivity contribution in [3.8, 4) is 5.75 Å². The summed E-state index contributed by atoms with van der Waals surface area (Å²) >= 11 is 11.7. The molecule has 0 aromatic heterocycles. The van der Waals surface area contributed by atoms with E-state index >= 15 is 0 Å². The number of halogens is 2. The Morgan fingerprint density at radius 2 is 1.90 bits per heavy atom. The first kappa shape index (κ1) is 15.5. The molecule has 6 heteroatoms. The van der Waals surface area contributed by atoms with Gasteiger partial charge in [0.1, 0.15) is 12.4 Å². The summed E-state index contributed by atoms with van der Waals surface area (Å²) < 4.78 is 10.3. The van der Waals surface area contributed by atoms with Gasteiger partial charge in [0.05, 0.1) is 22.8 Å². The molecule has 110 valence electrons. The minimum atomic E-state index is -0.578. The van der Waals surface area contributed by atoms with Gasteiger partial charge in [0.15, 0.2) is 0 Å². The van der Waals surface area contributed by atoms with E-state index in [2.05, 4.69) is 5.32 Å². The van der Waals surface area contributed by atoms with E-state index in [0.717, 1.165) is 5.56 Å². The highest BCUT2D eigenvalue weighted by molar-refractivity contribution is 6.42. The third-order valence-corrected chi connectivity index (χ3v) is 3.44. The molecule has 0 fully saturated rings. The second-order valence-electron chi connectivity index (χ2n) is 4.15. The third-order valence-electron chi connectivity index (χ3n) is 2.70. The molecule has 0 saturated carbocycles. The summed E-state index contributed by atoms with van der Waals surface area (Å²) in [6.45, 7) is 0.0951. The highest BCUT2D eigenvalue weighted by atomic mass is 35.5. The van der Waals surface area contributed by atoms with Gasteiger partial charge in [-0.1, -0.05) is 41.4 Å². The Morgan fingerprint density at radius 1 is 1.14 bits per heavy atom. The number of anilines is 1. The SMILES string of the molecule is COc1ccccc1NC(=O)OCc1ccc(Cl)c(Cl)c1. The lowest BCUT2D eigenvalue weighted by Gasteiger charge is -2.10. The lowest BCUT2D eigenvalue weighted by molar-refractivity contribution is 0.155. The molecular weight excluding hydrogens is 313 g/mol. The Morgan fingerprint density at radius 3 is 2.62 bits per heavy atom. The molecule has 0 spiro atoms. The molecule has 2 rings (SSSR count). The fraction of sp³-hybridized carbons (Fsp3) is 0.133. The van der Waals surface area contributed by atoms with Crippen molar-refractivity contribution < 1.29 is 14.3 Å². The summed E-state index contributed by atoms with van der Waals surface area (Å²) in [6.07, 6.45) is -0.578.